The molecule has 98 valence electrons. The van der Waals surface area contributed by atoms with E-state index >= 15 is 0 Å². The Kier molecular flexibility index (Phi) is 4.13. The van der Waals surface area contributed by atoms with E-state index < -0.39 is 0 Å². The summed E-state index contributed by atoms with van der Waals surface area (Å²) in [7, 11) is 0. The Morgan fingerprint density at radius 3 is 2.53 bits per heavy atom. The summed E-state index contributed by atoms with van der Waals surface area (Å²) in [6.07, 6.45) is 11.0. The number of ether oxygens (including phenoxy) is 1. The summed E-state index contributed by atoms with van der Waals surface area (Å²) in [5.41, 5.74) is 6.86. The molecule has 0 radical (unpaired) electrons. The zero-order chi connectivity index (χ0) is 12.3. The lowest BCUT2D eigenvalue weighted by Gasteiger charge is -2.38. The lowest BCUT2D eigenvalue weighted by molar-refractivity contribution is 0.113. The number of allylic oxidation sites excluding steroid dienone is 1. The average molecular weight is 237 g/mol. The van der Waals surface area contributed by atoms with Crippen LogP contribution in [-0.4, -0.2) is 12.6 Å². The van der Waals surface area contributed by atoms with Gasteiger partial charge in [-0.15, -0.1) is 0 Å². The van der Waals surface area contributed by atoms with Crippen LogP contribution in [0.2, 0.25) is 0 Å². The zero-order valence-electron chi connectivity index (χ0n) is 11.4. The smallest absolute Gasteiger partial charge is 0.109 e. The van der Waals surface area contributed by atoms with Crippen LogP contribution in [0.1, 0.15) is 58.8 Å². The Morgan fingerprint density at radius 2 is 2.00 bits per heavy atom. The third-order valence-electron chi connectivity index (χ3n) is 4.34. The zero-order valence-corrected chi connectivity index (χ0v) is 11.4. The highest BCUT2D eigenvalue weighted by atomic mass is 16.5. The third-order valence-corrected chi connectivity index (χ3v) is 4.34. The molecule has 17 heavy (non-hydrogen) atoms. The van der Waals surface area contributed by atoms with Crippen molar-refractivity contribution >= 4 is 0 Å². The molecule has 0 spiro atoms. The van der Waals surface area contributed by atoms with Gasteiger partial charge in [0.1, 0.15) is 5.76 Å². The maximum Gasteiger partial charge on any atom is 0.109 e. The van der Waals surface area contributed by atoms with Crippen LogP contribution >= 0.6 is 0 Å². The summed E-state index contributed by atoms with van der Waals surface area (Å²) >= 11 is 0. The van der Waals surface area contributed by atoms with Gasteiger partial charge in [0.05, 0.1) is 12.6 Å². The summed E-state index contributed by atoms with van der Waals surface area (Å²) in [6, 6.07) is 0.132. The van der Waals surface area contributed by atoms with Gasteiger partial charge >= 0.3 is 0 Å². The average Bonchev–Trinajstić information content (AvgIpc) is 2.78. The summed E-state index contributed by atoms with van der Waals surface area (Å²) in [6.45, 7) is 5.48. The van der Waals surface area contributed by atoms with Crippen molar-refractivity contribution in [2.45, 2.75) is 64.8 Å². The van der Waals surface area contributed by atoms with E-state index in [1.807, 2.05) is 0 Å². The maximum absolute atomic E-state index is 6.54. The minimum Gasteiger partial charge on any atom is -0.497 e. The minimum atomic E-state index is 0.132. The van der Waals surface area contributed by atoms with Crippen LogP contribution in [0.15, 0.2) is 11.8 Å². The third kappa shape index (κ3) is 2.85. The molecule has 2 heteroatoms. The van der Waals surface area contributed by atoms with Crippen LogP contribution in [0.25, 0.3) is 0 Å². The molecule has 2 nitrogen and oxygen atoms in total. The minimum absolute atomic E-state index is 0.132. The Morgan fingerprint density at radius 1 is 1.29 bits per heavy atom. The van der Waals surface area contributed by atoms with Gasteiger partial charge in [-0.3, -0.25) is 0 Å². The predicted octanol–water partition coefficient (Wildman–Crippen LogP) is 3.61. The van der Waals surface area contributed by atoms with E-state index in [4.69, 9.17) is 10.5 Å². The van der Waals surface area contributed by atoms with Crippen molar-refractivity contribution in [2.75, 3.05) is 6.61 Å². The Bertz CT molecular complexity index is 277. The molecule has 0 aromatic heterocycles. The van der Waals surface area contributed by atoms with Crippen molar-refractivity contribution < 1.29 is 4.74 Å². The highest BCUT2D eigenvalue weighted by molar-refractivity contribution is 5.12. The molecule has 0 aromatic carbocycles. The second kappa shape index (κ2) is 5.43. The number of rotatable bonds is 4. The summed E-state index contributed by atoms with van der Waals surface area (Å²) in [5, 5.41) is 0. The fraction of sp³-hybridized carbons (Fsp3) is 0.867. The van der Waals surface area contributed by atoms with Gasteiger partial charge in [-0.1, -0.05) is 26.7 Å². The quantitative estimate of drug-likeness (QED) is 0.810. The molecule has 1 unspecified atom stereocenters. The maximum atomic E-state index is 6.54. The fourth-order valence-corrected chi connectivity index (χ4v) is 3.63. The van der Waals surface area contributed by atoms with Crippen LogP contribution in [0.3, 0.4) is 0 Å². The van der Waals surface area contributed by atoms with Crippen molar-refractivity contribution in [2.24, 2.45) is 17.1 Å². The summed E-state index contributed by atoms with van der Waals surface area (Å²) < 4.78 is 5.79. The van der Waals surface area contributed by atoms with E-state index in [0.29, 0.717) is 5.41 Å². The van der Waals surface area contributed by atoms with Gasteiger partial charge < -0.3 is 10.5 Å². The largest absolute Gasteiger partial charge is 0.497 e. The first kappa shape index (κ1) is 12.9. The van der Waals surface area contributed by atoms with Crippen molar-refractivity contribution in [3.05, 3.63) is 11.8 Å². The normalized spacial score (nSPS) is 25.5. The molecule has 0 amide bonds. The molecular formula is C15H27NO. The topological polar surface area (TPSA) is 35.2 Å². The van der Waals surface area contributed by atoms with Crippen molar-refractivity contribution in [3.8, 4) is 0 Å². The lowest BCUT2D eigenvalue weighted by atomic mass is 9.72. The monoisotopic (exact) mass is 237 g/mol. The molecule has 2 rings (SSSR count). The predicted molar refractivity (Wildman–Crippen MR) is 71.6 cm³/mol. The molecule has 1 heterocycles. The van der Waals surface area contributed by atoms with Crippen LogP contribution in [0.4, 0.5) is 0 Å². The van der Waals surface area contributed by atoms with Crippen LogP contribution in [0, 0.1) is 11.3 Å². The molecule has 2 aliphatic rings. The highest BCUT2D eigenvalue weighted by Gasteiger charge is 2.42. The Hall–Kier alpha value is -0.500. The fourth-order valence-electron chi connectivity index (χ4n) is 3.63. The van der Waals surface area contributed by atoms with Gasteiger partial charge in [0.15, 0.2) is 0 Å². The summed E-state index contributed by atoms with van der Waals surface area (Å²) in [4.78, 5) is 0. The Balaban J connectivity index is 2.12. The van der Waals surface area contributed by atoms with E-state index in [2.05, 4.69) is 19.9 Å². The second-order valence-electron chi connectivity index (χ2n) is 6.24. The van der Waals surface area contributed by atoms with Crippen molar-refractivity contribution in [1.82, 2.24) is 0 Å². The molecule has 2 N–H and O–H groups in total. The molecule has 1 fully saturated rings. The van der Waals surface area contributed by atoms with E-state index in [1.54, 1.807) is 0 Å². The van der Waals surface area contributed by atoms with Gasteiger partial charge in [-0.05, 0) is 49.5 Å². The molecule has 1 saturated carbocycles. The second-order valence-corrected chi connectivity index (χ2v) is 6.24. The molecular weight excluding hydrogens is 210 g/mol. The summed E-state index contributed by atoms with van der Waals surface area (Å²) in [5.74, 6) is 1.81. The van der Waals surface area contributed by atoms with E-state index in [0.717, 1.165) is 31.1 Å². The number of nitrogens with two attached hydrogens (primary N) is 1. The molecule has 0 bridgehead atoms. The van der Waals surface area contributed by atoms with Gasteiger partial charge in [-0.25, -0.2) is 0 Å². The standard InChI is InChI=1S/C15H27NO/c1-12(2)11-15(8-4-5-9-15)14(16)13-7-3-6-10-17-13/h7,12,14H,3-6,8-11,16H2,1-2H3. The van der Waals surface area contributed by atoms with Gasteiger partial charge in [0.25, 0.3) is 0 Å². The van der Waals surface area contributed by atoms with Gasteiger partial charge in [0.2, 0.25) is 0 Å². The van der Waals surface area contributed by atoms with Gasteiger partial charge in [0, 0.05) is 0 Å². The molecule has 1 aliphatic carbocycles. The lowest BCUT2D eigenvalue weighted by Crippen LogP contribution is -2.43. The van der Waals surface area contributed by atoms with Gasteiger partial charge in [-0.2, -0.15) is 0 Å². The van der Waals surface area contributed by atoms with Crippen LogP contribution in [-0.2, 0) is 4.74 Å². The van der Waals surface area contributed by atoms with E-state index in [9.17, 15) is 0 Å². The molecule has 0 aromatic rings. The van der Waals surface area contributed by atoms with Crippen LogP contribution in [0.5, 0.6) is 0 Å². The highest BCUT2D eigenvalue weighted by Crippen LogP contribution is 2.47. The first-order chi connectivity index (χ1) is 8.14. The van der Waals surface area contributed by atoms with Crippen molar-refractivity contribution in [1.29, 1.82) is 0 Å². The number of hydrogen-bond donors (Lipinski definition) is 1. The van der Waals surface area contributed by atoms with E-state index in [-0.39, 0.29) is 6.04 Å². The first-order valence-corrected chi connectivity index (χ1v) is 7.22. The molecule has 0 saturated heterocycles. The first-order valence-electron chi connectivity index (χ1n) is 7.22. The SMILES string of the molecule is CC(C)CC1(C(N)C2=CCCCO2)CCCC1. The molecule has 1 aliphatic heterocycles. The van der Waals surface area contributed by atoms with E-state index in [1.165, 1.54) is 32.1 Å². The van der Waals surface area contributed by atoms with Crippen LogP contribution < -0.4 is 5.73 Å². The molecule has 1 atom stereocenters. The Labute approximate surface area is 106 Å². The number of hydrogen-bond acceptors (Lipinski definition) is 2. The van der Waals surface area contributed by atoms with Crippen molar-refractivity contribution in [3.63, 3.8) is 0 Å².